The van der Waals surface area contributed by atoms with Gasteiger partial charge in [0.1, 0.15) is 54.3 Å². The summed E-state index contributed by atoms with van der Waals surface area (Å²) in [5.41, 5.74) is 10.9. The molecule has 7 aromatic rings. The van der Waals surface area contributed by atoms with Crippen molar-refractivity contribution in [3.63, 3.8) is 0 Å². The SMILES string of the molecule is COCCCN1CCOc2ccc(CO[C@H]3CNCC[C@@H]3c3ccc(OCCCOC4CCNCC4)cc3)cc21.COCCCN1CCOc2ccc(CO[C@H]3CNCC[C@@H]3c3ccc(OCCCOC4CCOCC4)cc3)cc21.COCCCN1CCOc2ccc(CO[C@H]3CNCC[C@@H]3c3ccc(OCCCOc4ccccn4)cc3)cc21. The molecule has 4 N–H and O–H groups in total. The van der Waals surface area contributed by atoms with Crippen LogP contribution in [0.25, 0.3) is 0 Å². The lowest BCUT2D eigenvalue weighted by Gasteiger charge is -2.33. The first kappa shape index (κ1) is 89.7. The van der Waals surface area contributed by atoms with Gasteiger partial charge < -0.3 is 112 Å². The third kappa shape index (κ3) is 28.5. The summed E-state index contributed by atoms with van der Waals surface area (Å²) in [5.74, 6) is 7.28. The number of fused-ring (bicyclic) bond motifs is 3. The van der Waals surface area contributed by atoms with Gasteiger partial charge in [0, 0.05) is 143 Å². The van der Waals surface area contributed by atoms with Gasteiger partial charge in [0.15, 0.2) is 0 Å². The number of nitrogens with one attached hydrogen (secondary N) is 4. The molecule has 9 heterocycles. The summed E-state index contributed by atoms with van der Waals surface area (Å²) in [7, 11) is 5.26. The number of pyridine rings is 1. The first-order chi connectivity index (χ1) is 59.4. The number of anilines is 3. The fraction of sp³-hybridized carbons (Fsp3) is 0.573. The summed E-state index contributed by atoms with van der Waals surface area (Å²) < 4.78 is 94.0. The minimum atomic E-state index is 0.106. The lowest BCUT2D eigenvalue weighted by Crippen LogP contribution is -2.41. The van der Waals surface area contributed by atoms with Crippen LogP contribution >= 0.6 is 0 Å². The molecular formula is C96H134N8O16. The highest BCUT2D eigenvalue weighted by Crippen LogP contribution is 2.39. The number of piperidine rings is 4. The minimum absolute atomic E-state index is 0.106. The van der Waals surface area contributed by atoms with E-state index in [1.165, 1.54) is 33.4 Å². The molecule has 5 saturated heterocycles. The fourth-order valence-corrected chi connectivity index (χ4v) is 17.0. The predicted octanol–water partition coefficient (Wildman–Crippen LogP) is 13.5. The van der Waals surface area contributed by atoms with Crippen molar-refractivity contribution < 1.29 is 75.8 Å². The zero-order valence-corrected chi connectivity index (χ0v) is 71.5. The topological polar surface area (TPSA) is 218 Å². The second kappa shape index (κ2) is 50.5. The first-order valence-electron chi connectivity index (χ1n) is 44.6. The number of nitrogens with zero attached hydrogens (tertiary/aromatic N) is 4. The molecule has 8 aliphatic rings. The van der Waals surface area contributed by atoms with Gasteiger partial charge >= 0.3 is 0 Å². The Labute approximate surface area is 712 Å². The average Bonchev–Trinajstić information content (AvgIpc) is 0.819. The molecule has 120 heavy (non-hydrogen) atoms. The minimum Gasteiger partial charge on any atom is -0.494 e. The molecule has 6 aromatic carbocycles. The molecule has 15 rings (SSSR count). The Hall–Kier alpha value is -8.05. The maximum Gasteiger partial charge on any atom is 0.213 e. The second-order valence-corrected chi connectivity index (χ2v) is 32.1. The number of benzene rings is 6. The van der Waals surface area contributed by atoms with Crippen LogP contribution in [-0.4, -0.2) is 241 Å². The lowest BCUT2D eigenvalue weighted by molar-refractivity contribution is -0.0341. The summed E-state index contributed by atoms with van der Waals surface area (Å²) in [6.45, 7) is 25.1. The van der Waals surface area contributed by atoms with Crippen LogP contribution in [0.2, 0.25) is 0 Å². The lowest BCUT2D eigenvalue weighted by atomic mass is 9.87. The Morgan fingerprint density at radius 2 is 0.717 bits per heavy atom. The van der Waals surface area contributed by atoms with E-state index < -0.39 is 0 Å². The predicted molar refractivity (Wildman–Crippen MR) is 469 cm³/mol. The number of hydrogen-bond donors (Lipinski definition) is 4. The van der Waals surface area contributed by atoms with Gasteiger partial charge in [0.05, 0.1) is 127 Å². The van der Waals surface area contributed by atoms with Crippen molar-refractivity contribution in [3.05, 3.63) is 185 Å². The zero-order chi connectivity index (χ0) is 82.2. The van der Waals surface area contributed by atoms with E-state index in [1.807, 2.05) is 18.2 Å². The fourth-order valence-electron chi connectivity index (χ4n) is 17.0. The Morgan fingerprint density at radius 3 is 1.09 bits per heavy atom. The van der Waals surface area contributed by atoms with E-state index >= 15 is 0 Å². The van der Waals surface area contributed by atoms with E-state index in [2.05, 4.69) is 168 Å². The second-order valence-electron chi connectivity index (χ2n) is 32.1. The molecule has 0 amide bonds. The van der Waals surface area contributed by atoms with Crippen LogP contribution in [0.5, 0.6) is 40.4 Å². The van der Waals surface area contributed by atoms with Crippen molar-refractivity contribution in [1.82, 2.24) is 26.3 Å². The van der Waals surface area contributed by atoms with E-state index in [4.69, 9.17) is 75.8 Å². The molecule has 8 aliphatic heterocycles. The quantitative estimate of drug-likeness (QED) is 0.0261. The Kier molecular flexibility index (Phi) is 37.8. The molecule has 0 spiro atoms. The number of methoxy groups -OCH3 is 3. The molecule has 654 valence electrons. The molecule has 0 unspecified atom stereocenters. The van der Waals surface area contributed by atoms with Crippen molar-refractivity contribution in [2.75, 3.05) is 220 Å². The Balaban J connectivity index is 0.000000156. The van der Waals surface area contributed by atoms with Crippen molar-refractivity contribution in [3.8, 4) is 40.4 Å². The van der Waals surface area contributed by atoms with Crippen molar-refractivity contribution >= 4 is 17.1 Å². The summed E-state index contributed by atoms with van der Waals surface area (Å²) in [5, 5.41) is 13.9. The molecule has 0 radical (unpaired) electrons. The first-order valence-corrected chi connectivity index (χ1v) is 44.6. The summed E-state index contributed by atoms with van der Waals surface area (Å²) in [4.78, 5) is 11.4. The van der Waals surface area contributed by atoms with Gasteiger partial charge in [-0.15, -0.1) is 0 Å². The van der Waals surface area contributed by atoms with Crippen LogP contribution in [0.15, 0.2) is 152 Å². The van der Waals surface area contributed by atoms with Crippen LogP contribution in [0, 0.1) is 0 Å². The smallest absolute Gasteiger partial charge is 0.213 e. The Morgan fingerprint density at radius 1 is 0.350 bits per heavy atom. The van der Waals surface area contributed by atoms with E-state index in [-0.39, 0.29) is 18.3 Å². The van der Waals surface area contributed by atoms with Gasteiger partial charge in [-0.25, -0.2) is 4.98 Å². The van der Waals surface area contributed by atoms with Gasteiger partial charge in [-0.1, -0.05) is 60.7 Å². The Bertz CT molecular complexity index is 3830. The molecule has 24 heteroatoms. The highest BCUT2D eigenvalue weighted by Gasteiger charge is 2.32. The standard InChI is InChI=1S/C32H47N3O5.C32H41N3O5.C32H46N2O6/c1-36-18-2-16-35-17-21-39-31-9-4-25(22-30(31)35)24-40-32-23-34-15-12-29(32)26-5-7-27(8-6-26)37-19-3-20-38-28-10-13-33-14-11-28;1-36-18-4-16-35-17-21-38-30-12-7-25(22-29(30)35)24-40-31-23-33-15-13-28(31)26-8-10-27(11-9-26)37-19-5-20-39-32-6-2-3-14-34-32;1-35-16-2-14-34-15-21-39-31-9-4-25(22-30(31)34)24-40-32-23-33-13-10-29(32)26-5-7-27(8-6-26)37-17-3-18-38-28-11-19-36-20-12-28/h4-9,22,28-29,32-34H,2-3,10-21,23-24H2,1H3;2-3,6-12,14,22,28,31,33H,4-5,13,15-21,23-24H2,1H3;4-9,22,28-29,32-33H,2-3,10-21,23-24H2,1H3/t29-,32+;28-,31+;29-,32+/m111/s1. The number of hydrogen-bond acceptors (Lipinski definition) is 24. The van der Waals surface area contributed by atoms with Crippen LogP contribution < -0.4 is 69.1 Å². The molecule has 0 aliphatic carbocycles. The van der Waals surface area contributed by atoms with Crippen molar-refractivity contribution in [2.24, 2.45) is 0 Å². The summed E-state index contributed by atoms with van der Waals surface area (Å²) in [6, 6.07) is 50.7. The molecule has 24 nitrogen and oxygen atoms in total. The molecule has 6 atom stereocenters. The van der Waals surface area contributed by atoms with Gasteiger partial charge in [-0.3, -0.25) is 0 Å². The third-order valence-electron chi connectivity index (χ3n) is 23.6. The average molecular weight is 1660 g/mol. The van der Waals surface area contributed by atoms with Gasteiger partial charge in [-0.05, 0) is 209 Å². The van der Waals surface area contributed by atoms with Crippen LogP contribution in [0.4, 0.5) is 17.1 Å². The number of ether oxygens (including phenoxy) is 16. The summed E-state index contributed by atoms with van der Waals surface area (Å²) >= 11 is 0. The van der Waals surface area contributed by atoms with E-state index in [0.29, 0.717) is 82.1 Å². The largest absolute Gasteiger partial charge is 0.494 e. The number of rotatable bonds is 42. The molecule has 0 bridgehead atoms. The van der Waals surface area contributed by atoms with E-state index in [1.54, 1.807) is 27.5 Å². The van der Waals surface area contributed by atoms with Crippen LogP contribution in [0.1, 0.15) is 135 Å². The van der Waals surface area contributed by atoms with Crippen molar-refractivity contribution in [1.29, 1.82) is 0 Å². The van der Waals surface area contributed by atoms with E-state index in [9.17, 15) is 0 Å². The van der Waals surface area contributed by atoms with Crippen LogP contribution in [0.3, 0.4) is 0 Å². The zero-order valence-electron chi connectivity index (χ0n) is 71.5. The molecule has 1 aromatic heterocycles. The molecule has 0 saturated carbocycles. The van der Waals surface area contributed by atoms with Crippen molar-refractivity contribution in [2.45, 2.75) is 152 Å². The van der Waals surface area contributed by atoms with E-state index in [0.717, 1.165) is 293 Å². The monoisotopic (exact) mass is 1650 g/mol. The normalized spacial score (nSPS) is 20.6. The number of aromatic nitrogens is 1. The molecular weight excluding hydrogens is 1520 g/mol. The highest BCUT2D eigenvalue weighted by molar-refractivity contribution is 5.63. The van der Waals surface area contributed by atoms with Gasteiger partial charge in [0.2, 0.25) is 5.88 Å². The van der Waals surface area contributed by atoms with Gasteiger partial charge in [0.25, 0.3) is 0 Å². The molecule has 5 fully saturated rings. The maximum absolute atomic E-state index is 6.54. The summed E-state index contributed by atoms with van der Waals surface area (Å²) in [6.07, 6.45) is 15.8. The third-order valence-corrected chi connectivity index (χ3v) is 23.6. The van der Waals surface area contributed by atoms with Crippen LogP contribution in [-0.2, 0) is 62.5 Å². The highest BCUT2D eigenvalue weighted by atomic mass is 16.5. The van der Waals surface area contributed by atoms with Gasteiger partial charge in [-0.2, -0.15) is 0 Å². The maximum atomic E-state index is 6.54.